The summed E-state index contributed by atoms with van der Waals surface area (Å²) in [5.74, 6) is -2.13. The molecular formula is C45H40N10O19S7. The summed E-state index contributed by atoms with van der Waals surface area (Å²) in [6.45, 7) is 0.956. The van der Waals surface area contributed by atoms with Gasteiger partial charge in [0.1, 0.15) is 38.4 Å². The van der Waals surface area contributed by atoms with Crippen molar-refractivity contribution in [2.75, 3.05) is 23.9 Å². The largest absolute Gasteiger partial charge is 0.493 e. The number of hydrogen-bond donors (Lipinski definition) is 8. The van der Waals surface area contributed by atoms with Gasteiger partial charge < -0.3 is 20.1 Å². The van der Waals surface area contributed by atoms with Gasteiger partial charge >= 0.3 is 0 Å². The summed E-state index contributed by atoms with van der Waals surface area (Å²) < 4.78 is 175. The topological polar surface area (TPSA) is 470 Å². The molecule has 0 saturated carbocycles. The fraction of sp³-hybridized carbons (Fsp3) is 0.222. The number of rotatable bonds is 21. The van der Waals surface area contributed by atoms with Gasteiger partial charge in [0.2, 0.25) is 11.0 Å². The van der Waals surface area contributed by atoms with Crippen molar-refractivity contribution in [1.82, 2.24) is 14.4 Å². The summed E-state index contributed by atoms with van der Waals surface area (Å²) in [4.78, 5) is 6.95. The monoisotopic (exact) mass is 1250 g/mol. The molecule has 5 aromatic carbocycles. The molecule has 81 heavy (non-hydrogen) atoms. The third kappa shape index (κ3) is 13.3. The third-order valence-corrected chi connectivity index (χ3v) is 18.1. The van der Waals surface area contributed by atoms with Crippen LogP contribution in [0.5, 0.6) is 11.6 Å². The molecule has 0 aliphatic heterocycles. The molecule has 36 heteroatoms. The maximum absolute atomic E-state index is 12.5. The second kappa shape index (κ2) is 23.0. The maximum Gasteiger partial charge on any atom is 0.296 e. The Kier molecular flexibility index (Phi) is 17.1. The summed E-state index contributed by atoms with van der Waals surface area (Å²) in [7, 11) is -23.4. The van der Waals surface area contributed by atoms with Crippen molar-refractivity contribution in [1.29, 1.82) is 5.26 Å². The van der Waals surface area contributed by atoms with Gasteiger partial charge in [0.15, 0.2) is 11.3 Å². The number of ether oxygens (including phenoxy) is 1. The first-order chi connectivity index (χ1) is 37.9. The average molecular weight is 1250 g/mol. The molecule has 0 amide bonds. The number of imidazole rings is 1. The number of pyridine rings is 1. The maximum atomic E-state index is 12.5. The minimum atomic E-state index is -4.93. The molecule has 8 N–H and O–H groups in total. The Bertz CT molecular complexity index is 4660. The highest BCUT2D eigenvalue weighted by Gasteiger charge is 2.27. The Morgan fingerprint density at radius 2 is 1.37 bits per heavy atom. The number of aryl methyl sites for hydroxylation is 1. The summed E-state index contributed by atoms with van der Waals surface area (Å²) in [6, 6.07) is 14.0. The fourth-order valence-electron chi connectivity index (χ4n) is 8.06. The van der Waals surface area contributed by atoms with E-state index in [0.29, 0.717) is 5.56 Å². The number of aliphatic hydroxyl groups excluding tert-OH is 2. The SMILES string of the molecule is Cc1cc(N=Nc2c(C)c(C#N)c3nc4ccc(S(=O)(=O)O)c(CO)c4n3c2O)c(OCCCS(=O)(=O)O)cc1N=Nc1cc(CO)c(N=Nc2nc3c(S(=O)(=O)O)cc4ccc(S(=O)(=O)O)cc4c3s2)cc1SCCCS(=O)(=O)O. The van der Waals surface area contributed by atoms with Gasteiger partial charge in [-0.15, -0.1) is 37.3 Å². The van der Waals surface area contributed by atoms with E-state index in [1.54, 1.807) is 6.92 Å². The summed E-state index contributed by atoms with van der Waals surface area (Å²) in [6.07, 6.45) is -0.304. The molecule has 0 aliphatic carbocycles. The highest BCUT2D eigenvalue weighted by atomic mass is 32.2. The average Bonchev–Trinajstić information content (AvgIpc) is 2.47. The lowest BCUT2D eigenvalue weighted by molar-refractivity contribution is 0.279. The lowest BCUT2D eigenvalue weighted by atomic mass is 10.1. The molecule has 29 nitrogen and oxygen atoms in total. The van der Waals surface area contributed by atoms with Crippen molar-refractivity contribution >= 4 is 145 Å². The van der Waals surface area contributed by atoms with Gasteiger partial charge in [-0.05, 0) is 91.9 Å². The molecule has 0 aliphatic rings. The van der Waals surface area contributed by atoms with Crippen molar-refractivity contribution in [2.45, 2.75) is 59.5 Å². The highest BCUT2D eigenvalue weighted by molar-refractivity contribution is 7.99. The first-order valence-electron chi connectivity index (χ1n) is 22.7. The number of aromatic nitrogens is 3. The molecule has 0 atom stereocenters. The highest BCUT2D eigenvalue weighted by Crippen LogP contribution is 2.45. The van der Waals surface area contributed by atoms with Crippen LogP contribution < -0.4 is 4.74 Å². The molecule has 0 bridgehead atoms. The molecule has 3 aromatic heterocycles. The second-order valence-electron chi connectivity index (χ2n) is 17.3. The van der Waals surface area contributed by atoms with E-state index in [1.807, 2.05) is 6.07 Å². The van der Waals surface area contributed by atoms with E-state index in [9.17, 15) is 85.4 Å². The van der Waals surface area contributed by atoms with Crippen LogP contribution in [0.4, 0.5) is 33.6 Å². The molecule has 0 fully saturated rings. The minimum Gasteiger partial charge on any atom is -0.493 e. The number of aromatic hydroxyl groups is 1. The van der Waals surface area contributed by atoms with Crippen molar-refractivity contribution in [2.24, 2.45) is 30.7 Å². The zero-order valence-corrected chi connectivity index (χ0v) is 47.0. The predicted molar refractivity (Wildman–Crippen MR) is 291 cm³/mol. The lowest BCUT2D eigenvalue weighted by Gasteiger charge is -2.13. The van der Waals surface area contributed by atoms with Crippen molar-refractivity contribution in [3.05, 3.63) is 88.5 Å². The van der Waals surface area contributed by atoms with Crippen molar-refractivity contribution in [3.63, 3.8) is 0 Å². The quantitative estimate of drug-likeness (QED) is 0.0145. The zero-order chi connectivity index (χ0) is 59.1. The Labute approximate surface area is 466 Å². The molecule has 8 rings (SSSR count). The van der Waals surface area contributed by atoms with Gasteiger partial charge in [-0.2, -0.15) is 52.5 Å². The van der Waals surface area contributed by atoms with E-state index in [0.717, 1.165) is 51.8 Å². The fourth-order valence-corrected chi connectivity index (χ4v) is 13.1. The van der Waals surface area contributed by atoms with Gasteiger partial charge in [0, 0.05) is 33.0 Å². The second-order valence-corrected chi connectivity index (χ2v) is 26.7. The van der Waals surface area contributed by atoms with Crippen molar-refractivity contribution in [3.8, 4) is 17.7 Å². The molecule has 426 valence electrons. The minimum absolute atomic E-state index is 0.0184. The van der Waals surface area contributed by atoms with E-state index in [1.165, 1.54) is 43.3 Å². The van der Waals surface area contributed by atoms with E-state index in [2.05, 4.69) is 40.7 Å². The van der Waals surface area contributed by atoms with Gasteiger partial charge in [-0.1, -0.05) is 17.4 Å². The van der Waals surface area contributed by atoms with Crippen LogP contribution in [0.2, 0.25) is 0 Å². The molecule has 0 spiro atoms. The molecule has 3 heterocycles. The van der Waals surface area contributed by atoms with Crippen LogP contribution in [-0.2, 0) is 63.8 Å². The number of fused-ring (bicyclic) bond motifs is 6. The number of nitrogens with zero attached hydrogens (tertiary/aromatic N) is 10. The van der Waals surface area contributed by atoms with Crippen LogP contribution in [0.15, 0.2) is 111 Å². The third-order valence-electron chi connectivity index (χ3n) is 11.8. The summed E-state index contributed by atoms with van der Waals surface area (Å²) in [5, 5.41) is 68.5. The molecule has 0 radical (unpaired) electrons. The first-order valence-corrected chi connectivity index (χ1v) is 32.1. The zero-order valence-electron chi connectivity index (χ0n) is 41.3. The van der Waals surface area contributed by atoms with Gasteiger partial charge in [-0.25, -0.2) is 9.97 Å². The van der Waals surface area contributed by atoms with Crippen LogP contribution in [0.1, 0.15) is 40.7 Å². The summed E-state index contributed by atoms with van der Waals surface area (Å²) in [5.41, 5.74) is -1.05. The smallest absolute Gasteiger partial charge is 0.296 e. The normalized spacial score (nSPS) is 13.1. The van der Waals surface area contributed by atoms with Crippen LogP contribution in [-0.4, -0.2) is 118 Å². The Morgan fingerprint density at radius 1 is 0.704 bits per heavy atom. The summed E-state index contributed by atoms with van der Waals surface area (Å²) >= 11 is 1.76. The molecule has 0 saturated heterocycles. The number of thioether (sulfide) groups is 1. The number of thiazole rings is 1. The van der Waals surface area contributed by atoms with E-state index in [4.69, 9.17) is 4.74 Å². The Balaban J connectivity index is 1.21. The van der Waals surface area contributed by atoms with Crippen LogP contribution in [0.25, 0.3) is 37.7 Å². The van der Waals surface area contributed by atoms with Crippen LogP contribution >= 0.6 is 23.1 Å². The van der Waals surface area contributed by atoms with Gasteiger partial charge in [0.05, 0.1) is 69.0 Å². The number of benzene rings is 5. The molecule has 8 aromatic rings. The van der Waals surface area contributed by atoms with E-state index in [-0.39, 0.29) is 129 Å². The van der Waals surface area contributed by atoms with E-state index < -0.39 is 95.9 Å². The van der Waals surface area contributed by atoms with E-state index >= 15 is 0 Å². The van der Waals surface area contributed by atoms with Gasteiger partial charge in [0.25, 0.3) is 50.6 Å². The standard InChI is InChI=1S/C45H40N10O19S7/c1-22-13-33(51-53-39-23(2)28(19-46)43-47-30-7-8-37(80(68,69)70)29(21-57)41(30)55(43)44(39)58)35(74-9-3-11-77(59,60)61)17-31(22)49-52-34-14-25(20-56)32(18-36(34)75-10-4-12-78(62,63)64)50-54-45-48-40-38(81(71,72)73)15-24-5-6-26(79(65,66)67)16-27(24)42(40)76-45/h5-8,13-18,56-58H,3-4,9-12,20-21H2,1-2H3,(H,59,60,61)(H,62,63,64)(H,65,66,67)(H,68,69,70)(H,71,72,73). The number of nitriles is 1. The molecular weight excluding hydrogens is 1210 g/mol. The predicted octanol–water partition coefficient (Wildman–Crippen LogP) is 8.44. The number of aliphatic hydroxyl groups is 2. The Morgan fingerprint density at radius 3 is 2.01 bits per heavy atom. The number of hydrogen-bond acceptors (Lipinski definition) is 25. The first kappa shape index (κ1) is 60.0. The Hall–Kier alpha value is -7.09. The number of azo groups is 3. The van der Waals surface area contributed by atoms with Crippen molar-refractivity contribution < 1.29 is 84.9 Å². The lowest BCUT2D eigenvalue weighted by Crippen LogP contribution is -2.08. The molecule has 0 unspecified atom stereocenters. The van der Waals surface area contributed by atoms with Gasteiger partial charge in [-0.3, -0.25) is 27.2 Å². The van der Waals surface area contributed by atoms with Crippen LogP contribution in [0, 0.1) is 25.2 Å². The van der Waals surface area contributed by atoms with Crippen LogP contribution in [0.3, 0.4) is 0 Å².